The topological polar surface area (TPSA) is 61.8 Å². The van der Waals surface area contributed by atoms with Crippen molar-refractivity contribution in [3.63, 3.8) is 0 Å². The van der Waals surface area contributed by atoms with Crippen LogP contribution in [0.1, 0.15) is 12.0 Å². The molecule has 0 saturated carbocycles. The SMILES string of the molecule is O=C(Nc1ccc(F)cc1)[C@@H]1CC(=O)N(CCc2ccccc2)C(=Nc2cccc(Cl)c2)S1. The fraction of sp³-hybridized carbons (Fsp3) is 0.160. The number of anilines is 1. The molecule has 3 aromatic rings. The monoisotopic (exact) mass is 481 g/mol. The highest BCUT2D eigenvalue weighted by Crippen LogP contribution is 2.30. The zero-order chi connectivity index (χ0) is 23.2. The molecule has 2 amide bonds. The van der Waals surface area contributed by atoms with E-state index < -0.39 is 5.25 Å². The van der Waals surface area contributed by atoms with Gasteiger partial charge in [-0.2, -0.15) is 0 Å². The molecule has 1 aliphatic heterocycles. The Labute approximate surface area is 200 Å². The van der Waals surface area contributed by atoms with Gasteiger partial charge in [0.15, 0.2) is 5.17 Å². The van der Waals surface area contributed by atoms with Crippen LogP contribution in [0.4, 0.5) is 15.8 Å². The summed E-state index contributed by atoms with van der Waals surface area (Å²) in [7, 11) is 0. The molecule has 1 heterocycles. The molecule has 0 bridgehead atoms. The number of hydrogen-bond donors (Lipinski definition) is 1. The summed E-state index contributed by atoms with van der Waals surface area (Å²) in [5, 5.41) is 3.07. The van der Waals surface area contributed by atoms with Crippen LogP contribution in [0.25, 0.3) is 0 Å². The largest absolute Gasteiger partial charge is 0.325 e. The maximum Gasteiger partial charge on any atom is 0.238 e. The highest BCUT2D eigenvalue weighted by Gasteiger charge is 2.35. The zero-order valence-corrected chi connectivity index (χ0v) is 19.2. The van der Waals surface area contributed by atoms with Gasteiger partial charge in [0, 0.05) is 23.7 Å². The van der Waals surface area contributed by atoms with Crippen LogP contribution in [-0.4, -0.2) is 33.7 Å². The summed E-state index contributed by atoms with van der Waals surface area (Å²) in [6, 6.07) is 22.4. The standard InChI is InChI=1S/C25H21ClFN3O2S/c26-18-7-4-8-21(15-18)29-25-30(14-13-17-5-2-1-3-6-17)23(31)16-22(33-25)24(32)28-20-11-9-19(27)10-12-20/h1-12,15,22H,13-14,16H2,(H,28,32)/t22-/m0/s1. The lowest BCUT2D eigenvalue weighted by molar-refractivity contribution is -0.129. The van der Waals surface area contributed by atoms with Crippen molar-refractivity contribution < 1.29 is 14.0 Å². The zero-order valence-electron chi connectivity index (χ0n) is 17.6. The molecule has 33 heavy (non-hydrogen) atoms. The van der Waals surface area contributed by atoms with Gasteiger partial charge >= 0.3 is 0 Å². The van der Waals surface area contributed by atoms with Gasteiger partial charge in [0.25, 0.3) is 0 Å². The van der Waals surface area contributed by atoms with Crippen molar-refractivity contribution in [2.45, 2.75) is 18.1 Å². The molecule has 1 N–H and O–H groups in total. The van der Waals surface area contributed by atoms with Crippen LogP contribution in [0.2, 0.25) is 5.02 Å². The molecule has 4 rings (SSSR count). The Bertz CT molecular complexity index is 1170. The maximum absolute atomic E-state index is 13.2. The maximum atomic E-state index is 13.2. The molecule has 8 heteroatoms. The second-order valence-electron chi connectivity index (χ2n) is 7.46. The summed E-state index contributed by atoms with van der Waals surface area (Å²) < 4.78 is 13.2. The lowest BCUT2D eigenvalue weighted by Gasteiger charge is -2.32. The van der Waals surface area contributed by atoms with E-state index in [-0.39, 0.29) is 24.1 Å². The predicted molar refractivity (Wildman–Crippen MR) is 131 cm³/mol. The van der Waals surface area contributed by atoms with Crippen LogP contribution < -0.4 is 5.32 Å². The first-order valence-electron chi connectivity index (χ1n) is 10.4. The molecule has 1 fully saturated rings. The quantitative estimate of drug-likeness (QED) is 0.492. The molecule has 1 atom stereocenters. The third kappa shape index (κ3) is 6.21. The summed E-state index contributed by atoms with van der Waals surface area (Å²) in [5.41, 5.74) is 2.17. The van der Waals surface area contributed by atoms with Gasteiger partial charge in [-0.1, -0.05) is 59.8 Å². The van der Waals surface area contributed by atoms with E-state index in [2.05, 4.69) is 10.3 Å². The van der Waals surface area contributed by atoms with E-state index in [1.807, 2.05) is 30.3 Å². The Morgan fingerprint density at radius 1 is 1.09 bits per heavy atom. The Kier molecular flexibility index (Phi) is 7.42. The second kappa shape index (κ2) is 10.6. The summed E-state index contributed by atoms with van der Waals surface area (Å²) in [4.78, 5) is 32.2. The molecule has 168 valence electrons. The van der Waals surface area contributed by atoms with Crippen molar-refractivity contribution in [1.82, 2.24) is 4.90 Å². The van der Waals surface area contributed by atoms with Crippen molar-refractivity contribution in [3.05, 3.63) is 95.3 Å². The Hall–Kier alpha value is -3.16. The molecule has 1 saturated heterocycles. The van der Waals surface area contributed by atoms with Crippen LogP contribution in [-0.2, 0) is 16.0 Å². The van der Waals surface area contributed by atoms with Crippen molar-refractivity contribution in [2.75, 3.05) is 11.9 Å². The van der Waals surface area contributed by atoms with E-state index in [1.54, 1.807) is 29.2 Å². The van der Waals surface area contributed by atoms with Crippen LogP contribution in [0.5, 0.6) is 0 Å². The average molecular weight is 482 g/mol. The first-order chi connectivity index (χ1) is 16.0. The number of rotatable bonds is 6. The second-order valence-corrected chi connectivity index (χ2v) is 9.07. The van der Waals surface area contributed by atoms with Gasteiger partial charge in [-0.05, 0) is 54.4 Å². The van der Waals surface area contributed by atoms with Crippen molar-refractivity contribution in [1.29, 1.82) is 0 Å². The normalized spacial score (nSPS) is 17.3. The summed E-state index contributed by atoms with van der Waals surface area (Å²) in [6.07, 6.45) is 0.704. The minimum atomic E-state index is -0.659. The number of hydrogen-bond acceptors (Lipinski definition) is 4. The molecule has 5 nitrogen and oxygen atoms in total. The van der Waals surface area contributed by atoms with E-state index >= 15 is 0 Å². The predicted octanol–water partition coefficient (Wildman–Crippen LogP) is 5.68. The van der Waals surface area contributed by atoms with Gasteiger partial charge in [-0.15, -0.1) is 0 Å². The first-order valence-corrected chi connectivity index (χ1v) is 11.7. The van der Waals surface area contributed by atoms with Gasteiger partial charge in [-0.25, -0.2) is 9.38 Å². The van der Waals surface area contributed by atoms with Crippen molar-refractivity contribution >= 4 is 51.7 Å². The number of nitrogens with one attached hydrogen (secondary N) is 1. The summed E-state index contributed by atoms with van der Waals surface area (Å²) >= 11 is 7.34. The molecular weight excluding hydrogens is 461 g/mol. The molecule has 0 unspecified atom stereocenters. The highest BCUT2D eigenvalue weighted by molar-refractivity contribution is 8.15. The molecule has 1 aliphatic rings. The van der Waals surface area contributed by atoms with Crippen LogP contribution >= 0.6 is 23.4 Å². The number of thioether (sulfide) groups is 1. The highest BCUT2D eigenvalue weighted by atomic mass is 35.5. The van der Waals surface area contributed by atoms with Gasteiger partial charge < -0.3 is 5.32 Å². The smallest absolute Gasteiger partial charge is 0.238 e. The molecule has 3 aromatic carbocycles. The van der Waals surface area contributed by atoms with E-state index in [4.69, 9.17) is 11.6 Å². The molecule has 0 spiro atoms. The van der Waals surface area contributed by atoms with Gasteiger partial charge in [0.2, 0.25) is 11.8 Å². The fourth-order valence-corrected chi connectivity index (χ4v) is 4.67. The first kappa shape index (κ1) is 23.0. The van der Waals surface area contributed by atoms with E-state index in [0.29, 0.717) is 34.5 Å². The van der Waals surface area contributed by atoms with Crippen LogP contribution in [0.3, 0.4) is 0 Å². The summed E-state index contributed by atoms with van der Waals surface area (Å²) in [6.45, 7) is 0.446. The number of halogens is 2. The lowest BCUT2D eigenvalue weighted by Crippen LogP contribution is -2.46. The number of benzene rings is 3. The van der Waals surface area contributed by atoms with Crippen molar-refractivity contribution in [2.24, 2.45) is 4.99 Å². The Balaban J connectivity index is 1.55. The number of aliphatic imine (C=N–C) groups is 1. The third-order valence-electron chi connectivity index (χ3n) is 5.04. The molecule has 0 aliphatic carbocycles. The van der Waals surface area contributed by atoms with E-state index in [9.17, 15) is 14.0 Å². The molecule has 0 radical (unpaired) electrons. The summed E-state index contributed by atoms with van der Waals surface area (Å²) in [5.74, 6) is -0.897. The fourth-order valence-electron chi connectivity index (χ4n) is 3.36. The van der Waals surface area contributed by atoms with E-state index in [0.717, 1.165) is 5.56 Å². The number of nitrogens with zero attached hydrogens (tertiary/aromatic N) is 2. The number of carbonyl (C=O) groups is 2. The third-order valence-corrected chi connectivity index (χ3v) is 6.47. The average Bonchev–Trinajstić information content (AvgIpc) is 2.80. The number of amidine groups is 1. The van der Waals surface area contributed by atoms with E-state index in [1.165, 1.54) is 36.0 Å². The number of carbonyl (C=O) groups excluding carboxylic acids is 2. The van der Waals surface area contributed by atoms with Crippen molar-refractivity contribution in [3.8, 4) is 0 Å². The minimum Gasteiger partial charge on any atom is -0.325 e. The van der Waals surface area contributed by atoms with Gasteiger partial charge in [-0.3, -0.25) is 14.5 Å². The minimum absolute atomic E-state index is 0.0427. The van der Waals surface area contributed by atoms with Gasteiger partial charge in [0.1, 0.15) is 11.1 Å². The van der Waals surface area contributed by atoms with Crippen LogP contribution in [0.15, 0.2) is 83.9 Å². The van der Waals surface area contributed by atoms with Crippen LogP contribution in [0, 0.1) is 5.82 Å². The van der Waals surface area contributed by atoms with Gasteiger partial charge in [0.05, 0.1) is 5.69 Å². The molecule has 0 aromatic heterocycles. The lowest BCUT2D eigenvalue weighted by atomic mass is 10.1. The molecular formula is C25H21ClFN3O2S. The Morgan fingerprint density at radius 3 is 2.58 bits per heavy atom. The number of amides is 2. The Morgan fingerprint density at radius 2 is 1.85 bits per heavy atom.